The van der Waals surface area contributed by atoms with E-state index in [4.69, 9.17) is 19.8 Å². The molecule has 4 nitrogen and oxygen atoms in total. The Kier molecular flexibility index (Phi) is 33.0. The first-order chi connectivity index (χ1) is 2.64. The van der Waals surface area contributed by atoms with E-state index >= 15 is 0 Å². The maximum atomic E-state index is 9.10. The molecule has 0 amide bonds. The molecule has 0 unspecified atom stereocenters. The molecule has 2 N–H and O–H groups in total. The van der Waals surface area contributed by atoms with Gasteiger partial charge in [-0.25, -0.2) is 9.59 Å². The van der Waals surface area contributed by atoms with Crippen LogP contribution in [-0.4, -0.2) is 111 Å². The van der Waals surface area contributed by atoms with E-state index in [0.29, 0.717) is 0 Å². The molecule has 0 atom stereocenters. The van der Waals surface area contributed by atoms with Gasteiger partial charge in [0.05, 0.1) is 0 Å². The van der Waals surface area contributed by atoms with Crippen LogP contribution in [0.2, 0.25) is 0 Å². The number of rotatable bonds is 0. The Balaban J connectivity index is -0.0000000417. The predicted octanol–water partition coefficient (Wildman–Crippen LogP) is -2.41. The SMILES string of the molecule is O=C(O)C(=O)O.[CaH2].[KH].[Ti]. The zero-order valence-electron chi connectivity index (χ0n) is 3.21. The summed E-state index contributed by atoms with van der Waals surface area (Å²) in [5, 5.41) is 14.8. The van der Waals surface area contributed by atoms with Gasteiger partial charge in [-0.1, -0.05) is 0 Å². The molecule has 0 rings (SSSR count). The van der Waals surface area contributed by atoms with Gasteiger partial charge in [0.2, 0.25) is 0 Å². The molecule has 0 aliphatic heterocycles. The molecule has 0 aliphatic carbocycles. The molecule has 0 fully saturated rings. The molecule has 0 radical (unpaired) electrons. The monoisotopic (exact) mass is 220 g/mol. The van der Waals surface area contributed by atoms with Crippen LogP contribution in [0, 0.1) is 0 Å². The van der Waals surface area contributed by atoms with Crippen LogP contribution in [0.25, 0.3) is 0 Å². The number of carbonyl (C=O) groups is 2. The van der Waals surface area contributed by atoms with E-state index in [0.717, 1.165) is 0 Å². The van der Waals surface area contributed by atoms with Crippen molar-refractivity contribution in [1.29, 1.82) is 0 Å². The van der Waals surface area contributed by atoms with Gasteiger partial charge in [0.1, 0.15) is 0 Å². The van der Waals surface area contributed by atoms with E-state index in [1.165, 1.54) is 0 Å². The van der Waals surface area contributed by atoms with Crippen molar-refractivity contribution in [2.24, 2.45) is 0 Å². The summed E-state index contributed by atoms with van der Waals surface area (Å²) in [4.78, 5) is 18.2. The van der Waals surface area contributed by atoms with Crippen LogP contribution in [-0.2, 0) is 31.3 Å². The molecular formula is C2H5CaKO4Ti. The number of hydrogen-bond acceptors (Lipinski definition) is 2. The maximum absolute atomic E-state index is 9.10. The summed E-state index contributed by atoms with van der Waals surface area (Å²) in [5.41, 5.74) is 0. The number of aliphatic carboxylic acids is 2. The number of carboxylic acid groups (broad SMARTS) is 2. The van der Waals surface area contributed by atoms with Crippen LogP contribution in [0.5, 0.6) is 0 Å². The van der Waals surface area contributed by atoms with Crippen LogP contribution >= 0.6 is 0 Å². The summed E-state index contributed by atoms with van der Waals surface area (Å²) in [6, 6.07) is 0. The zero-order valence-corrected chi connectivity index (χ0v) is 4.77. The summed E-state index contributed by atoms with van der Waals surface area (Å²) in [6.07, 6.45) is 0. The van der Waals surface area contributed by atoms with Gasteiger partial charge in [-0.3, -0.25) is 0 Å². The quantitative estimate of drug-likeness (QED) is 0.352. The largest absolute Gasteiger partial charge is 0 e. The number of hydrogen-bond donors (Lipinski definition) is 2. The van der Waals surface area contributed by atoms with E-state index in [1.54, 1.807) is 0 Å². The molecule has 0 spiro atoms. The summed E-state index contributed by atoms with van der Waals surface area (Å²) in [5.74, 6) is -3.65. The van der Waals surface area contributed by atoms with E-state index in [1.807, 2.05) is 0 Å². The Morgan fingerprint density at radius 1 is 1.00 bits per heavy atom. The predicted molar refractivity (Wildman–Crippen MR) is 31.0 cm³/mol. The van der Waals surface area contributed by atoms with Crippen LogP contribution in [0.15, 0.2) is 0 Å². The van der Waals surface area contributed by atoms with Gasteiger partial charge in [0.15, 0.2) is 0 Å². The molecule has 0 aromatic heterocycles. The molecule has 0 saturated heterocycles. The molecule has 0 aromatic rings. The van der Waals surface area contributed by atoms with Crippen LogP contribution in [0.3, 0.4) is 0 Å². The van der Waals surface area contributed by atoms with Gasteiger partial charge in [-0.15, -0.1) is 0 Å². The molecule has 9 heavy (non-hydrogen) atoms. The van der Waals surface area contributed by atoms with Gasteiger partial charge in [-0.05, 0) is 0 Å². The fourth-order valence-electron chi connectivity index (χ4n) is 0. The van der Waals surface area contributed by atoms with Crippen LogP contribution in [0.1, 0.15) is 0 Å². The third-order valence-electron chi connectivity index (χ3n) is 0.183. The topological polar surface area (TPSA) is 74.6 Å². The fourth-order valence-corrected chi connectivity index (χ4v) is 0. The molecule has 44 valence electrons. The maximum Gasteiger partial charge on any atom is 0 e. The second-order valence-corrected chi connectivity index (χ2v) is 0.610. The molecule has 0 saturated carbocycles. The number of carboxylic acids is 2. The van der Waals surface area contributed by atoms with Crippen molar-refractivity contribution in [3.63, 3.8) is 0 Å². The molecule has 0 aliphatic rings. The first-order valence-corrected chi connectivity index (χ1v) is 1.11. The van der Waals surface area contributed by atoms with Crippen molar-refractivity contribution < 1.29 is 41.5 Å². The molecule has 7 heteroatoms. The van der Waals surface area contributed by atoms with E-state index < -0.39 is 11.9 Å². The molecule has 0 bridgehead atoms. The third kappa shape index (κ3) is 18.0. The van der Waals surface area contributed by atoms with Gasteiger partial charge in [-0.2, -0.15) is 0 Å². The van der Waals surface area contributed by atoms with Crippen LogP contribution in [0.4, 0.5) is 0 Å². The van der Waals surface area contributed by atoms with Gasteiger partial charge in [0.25, 0.3) is 0 Å². The molecule has 0 heterocycles. The second-order valence-electron chi connectivity index (χ2n) is 0.610. The van der Waals surface area contributed by atoms with Gasteiger partial charge in [0, 0.05) is 21.7 Å². The minimum absolute atomic E-state index is 0. The van der Waals surface area contributed by atoms with E-state index in [2.05, 4.69) is 0 Å². The summed E-state index contributed by atoms with van der Waals surface area (Å²) in [6.45, 7) is 0. The second kappa shape index (κ2) is 13.2. The Bertz CT molecular complexity index is 84.6. The zero-order chi connectivity index (χ0) is 5.15. The minimum atomic E-state index is -1.82. The van der Waals surface area contributed by atoms with Crippen molar-refractivity contribution in [1.82, 2.24) is 0 Å². The van der Waals surface area contributed by atoms with Crippen molar-refractivity contribution in [2.45, 2.75) is 0 Å². The Morgan fingerprint density at radius 3 is 1.11 bits per heavy atom. The van der Waals surface area contributed by atoms with Crippen molar-refractivity contribution in [3.05, 3.63) is 0 Å². The summed E-state index contributed by atoms with van der Waals surface area (Å²) in [7, 11) is 0. The Morgan fingerprint density at radius 2 is 1.11 bits per heavy atom. The van der Waals surface area contributed by atoms with Gasteiger partial charge >= 0.3 is 101 Å². The first kappa shape index (κ1) is 22.6. The standard InChI is InChI=1S/C2H2O4.Ca.K.Ti.3H/c3-1(4)2(5)6;;;;;;/h(H,3,4)(H,5,6);;;;;;. The van der Waals surface area contributed by atoms with Crippen LogP contribution < -0.4 is 0 Å². The average molecular weight is 220 g/mol. The molecular weight excluding hydrogens is 215 g/mol. The Labute approximate surface area is 139 Å². The van der Waals surface area contributed by atoms with Gasteiger partial charge < -0.3 is 10.2 Å². The smallest absolute Gasteiger partial charge is 0 e. The summed E-state index contributed by atoms with van der Waals surface area (Å²) < 4.78 is 0. The Hall–Kier alpha value is 2.55. The van der Waals surface area contributed by atoms with Crippen molar-refractivity contribution in [3.8, 4) is 0 Å². The summed E-state index contributed by atoms with van der Waals surface area (Å²) >= 11 is 0. The van der Waals surface area contributed by atoms with Crippen molar-refractivity contribution in [2.75, 3.05) is 0 Å². The normalized spacial score (nSPS) is 4.89. The van der Waals surface area contributed by atoms with Crippen molar-refractivity contribution >= 4 is 101 Å². The van der Waals surface area contributed by atoms with E-state index in [9.17, 15) is 0 Å². The third-order valence-corrected chi connectivity index (χ3v) is 0.183. The molecule has 0 aromatic carbocycles. The average Bonchev–Trinajstić information content (AvgIpc) is 1.36. The fraction of sp³-hybridized carbons (Fsp3) is 0. The van der Waals surface area contributed by atoms with E-state index in [-0.39, 0.29) is 111 Å². The minimum Gasteiger partial charge on any atom is 0 e. The first-order valence-electron chi connectivity index (χ1n) is 1.11.